The lowest BCUT2D eigenvalue weighted by molar-refractivity contribution is 0.987. The number of thioether (sulfide) groups is 1. The van der Waals surface area contributed by atoms with Crippen molar-refractivity contribution in [3.8, 4) is 11.4 Å². The summed E-state index contributed by atoms with van der Waals surface area (Å²) in [7, 11) is 0. The van der Waals surface area contributed by atoms with Gasteiger partial charge in [0, 0.05) is 23.4 Å². The zero-order valence-electron chi connectivity index (χ0n) is 10.9. The number of halogens is 1. The first-order chi connectivity index (χ1) is 9.19. The van der Waals surface area contributed by atoms with Crippen LogP contribution in [0.2, 0.25) is 5.15 Å². The van der Waals surface area contributed by atoms with Crippen molar-refractivity contribution in [1.82, 2.24) is 9.97 Å². The van der Waals surface area contributed by atoms with Crippen LogP contribution in [-0.2, 0) is 0 Å². The van der Waals surface area contributed by atoms with Gasteiger partial charge in [-0.15, -0.1) is 0 Å². The minimum absolute atomic E-state index is 0.452. The van der Waals surface area contributed by atoms with E-state index in [9.17, 15) is 0 Å². The third-order valence-corrected chi connectivity index (χ3v) is 3.86. The van der Waals surface area contributed by atoms with E-state index in [1.807, 2.05) is 42.1 Å². The van der Waals surface area contributed by atoms with Gasteiger partial charge in [-0.25, -0.2) is 9.97 Å². The molecular formula is C14H16ClN3S. The minimum atomic E-state index is 0.452. The molecular weight excluding hydrogens is 278 g/mol. The molecule has 0 bridgehead atoms. The number of anilines is 1. The van der Waals surface area contributed by atoms with Crippen LogP contribution in [0.5, 0.6) is 0 Å². The van der Waals surface area contributed by atoms with Crippen LogP contribution in [0, 0.1) is 0 Å². The third kappa shape index (κ3) is 4.11. The van der Waals surface area contributed by atoms with Crippen LogP contribution in [0.15, 0.2) is 36.4 Å². The van der Waals surface area contributed by atoms with Crippen LogP contribution in [0.4, 0.5) is 5.82 Å². The normalized spacial score (nSPS) is 12.2. The Labute approximate surface area is 122 Å². The number of rotatable bonds is 5. The number of aromatic nitrogens is 2. The van der Waals surface area contributed by atoms with Gasteiger partial charge in [0.1, 0.15) is 11.0 Å². The zero-order valence-corrected chi connectivity index (χ0v) is 12.5. The summed E-state index contributed by atoms with van der Waals surface area (Å²) < 4.78 is 0. The number of nitrogens with one attached hydrogen (secondary N) is 1. The smallest absolute Gasteiger partial charge is 0.163 e. The van der Waals surface area contributed by atoms with Crippen molar-refractivity contribution in [3.05, 3.63) is 41.6 Å². The average Bonchev–Trinajstić information content (AvgIpc) is 2.45. The maximum absolute atomic E-state index is 6.05. The molecule has 1 aromatic heterocycles. The second kappa shape index (κ2) is 6.78. The number of benzene rings is 1. The number of hydrogen-bond acceptors (Lipinski definition) is 4. The molecule has 0 amide bonds. The standard InChI is InChI=1S/C14H16ClN3S/c1-10(19-2)9-16-13-8-12(15)17-14(18-13)11-6-4-3-5-7-11/h3-8,10H,9H2,1-2H3,(H,16,17,18). The number of hydrogen-bond donors (Lipinski definition) is 1. The summed E-state index contributed by atoms with van der Waals surface area (Å²) in [5.41, 5.74) is 0.964. The predicted octanol–water partition coefficient (Wildman–Crippen LogP) is 3.96. The molecule has 19 heavy (non-hydrogen) atoms. The van der Waals surface area contributed by atoms with Gasteiger partial charge < -0.3 is 5.32 Å². The molecule has 1 heterocycles. The highest BCUT2D eigenvalue weighted by molar-refractivity contribution is 7.99. The highest BCUT2D eigenvalue weighted by Crippen LogP contribution is 2.20. The van der Waals surface area contributed by atoms with Gasteiger partial charge >= 0.3 is 0 Å². The lowest BCUT2D eigenvalue weighted by atomic mass is 10.2. The molecule has 1 aromatic carbocycles. The molecule has 100 valence electrons. The van der Waals surface area contributed by atoms with Gasteiger partial charge in [0.05, 0.1) is 0 Å². The minimum Gasteiger partial charge on any atom is -0.369 e. The van der Waals surface area contributed by atoms with Gasteiger partial charge in [-0.3, -0.25) is 0 Å². The predicted molar refractivity (Wildman–Crippen MR) is 83.9 cm³/mol. The topological polar surface area (TPSA) is 37.8 Å². The van der Waals surface area contributed by atoms with Crippen LogP contribution in [0.3, 0.4) is 0 Å². The van der Waals surface area contributed by atoms with Crippen molar-refractivity contribution in [1.29, 1.82) is 0 Å². The Kier molecular flexibility index (Phi) is 5.05. The van der Waals surface area contributed by atoms with E-state index in [0.717, 1.165) is 17.9 Å². The molecule has 5 heteroatoms. The molecule has 1 unspecified atom stereocenters. The van der Waals surface area contributed by atoms with Crippen molar-refractivity contribution in [2.75, 3.05) is 18.1 Å². The molecule has 0 fully saturated rings. The Morgan fingerprint density at radius 1 is 1.26 bits per heavy atom. The van der Waals surface area contributed by atoms with Crippen LogP contribution in [0.25, 0.3) is 11.4 Å². The molecule has 0 aliphatic heterocycles. The summed E-state index contributed by atoms with van der Waals surface area (Å²) in [5, 5.41) is 4.26. The SMILES string of the molecule is CSC(C)CNc1cc(Cl)nc(-c2ccccc2)n1. The van der Waals surface area contributed by atoms with Crippen LogP contribution < -0.4 is 5.32 Å². The first-order valence-corrected chi connectivity index (χ1v) is 7.72. The van der Waals surface area contributed by atoms with E-state index >= 15 is 0 Å². The molecule has 3 nitrogen and oxygen atoms in total. The monoisotopic (exact) mass is 293 g/mol. The van der Waals surface area contributed by atoms with Crippen molar-refractivity contribution < 1.29 is 0 Å². The summed E-state index contributed by atoms with van der Waals surface area (Å²) in [6.45, 7) is 3.02. The maximum Gasteiger partial charge on any atom is 0.163 e. The molecule has 2 aromatic rings. The molecule has 1 atom stereocenters. The van der Waals surface area contributed by atoms with E-state index in [1.165, 1.54) is 0 Å². The first-order valence-electron chi connectivity index (χ1n) is 6.05. The van der Waals surface area contributed by atoms with Gasteiger partial charge in [0.2, 0.25) is 0 Å². The van der Waals surface area contributed by atoms with E-state index in [-0.39, 0.29) is 0 Å². The van der Waals surface area contributed by atoms with Gasteiger partial charge in [-0.05, 0) is 6.26 Å². The Balaban J connectivity index is 2.20. The molecule has 0 saturated heterocycles. The Hall–Kier alpha value is -1.26. The summed E-state index contributed by atoms with van der Waals surface area (Å²) in [4.78, 5) is 8.75. The lowest BCUT2D eigenvalue weighted by Gasteiger charge is -2.11. The molecule has 0 aliphatic carbocycles. The third-order valence-electron chi connectivity index (χ3n) is 2.70. The lowest BCUT2D eigenvalue weighted by Crippen LogP contribution is -2.13. The van der Waals surface area contributed by atoms with E-state index < -0.39 is 0 Å². The van der Waals surface area contributed by atoms with Gasteiger partial charge in [-0.1, -0.05) is 48.9 Å². The molecule has 0 aliphatic rings. The summed E-state index contributed by atoms with van der Waals surface area (Å²) in [6, 6.07) is 11.6. The molecule has 2 rings (SSSR count). The quantitative estimate of drug-likeness (QED) is 0.847. The van der Waals surface area contributed by atoms with Crippen LogP contribution in [-0.4, -0.2) is 28.0 Å². The Morgan fingerprint density at radius 2 is 2.00 bits per heavy atom. The molecule has 0 saturated carbocycles. The van der Waals surface area contributed by atoms with Crippen molar-refractivity contribution in [2.45, 2.75) is 12.2 Å². The second-order valence-corrected chi connectivity index (χ2v) is 5.86. The highest BCUT2D eigenvalue weighted by Gasteiger charge is 2.06. The highest BCUT2D eigenvalue weighted by atomic mass is 35.5. The van der Waals surface area contributed by atoms with Gasteiger partial charge in [-0.2, -0.15) is 11.8 Å². The fourth-order valence-corrected chi connectivity index (χ4v) is 1.99. The zero-order chi connectivity index (χ0) is 13.7. The Morgan fingerprint density at radius 3 is 2.68 bits per heavy atom. The maximum atomic E-state index is 6.05. The van der Waals surface area contributed by atoms with Crippen molar-refractivity contribution in [3.63, 3.8) is 0 Å². The second-order valence-electron chi connectivity index (χ2n) is 4.19. The van der Waals surface area contributed by atoms with Crippen LogP contribution in [0.1, 0.15) is 6.92 Å². The molecule has 0 radical (unpaired) electrons. The fourth-order valence-electron chi connectivity index (χ4n) is 1.56. The van der Waals surface area contributed by atoms with E-state index in [2.05, 4.69) is 28.5 Å². The molecule has 0 spiro atoms. The molecule has 1 N–H and O–H groups in total. The summed E-state index contributed by atoms with van der Waals surface area (Å²) >= 11 is 7.86. The Bertz CT molecular complexity index is 533. The number of nitrogens with zero attached hydrogens (tertiary/aromatic N) is 2. The fraction of sp³-hybridized carbons (Fsp3) is 0.286. The first kappa shape index (κ1) is 14.2. The summed E-state index contributed by atoms with van der Waals surface area (Å²) in [5.74, 6) is 1.41. The average molecular weight is 294 g/mol. The van der Waals surface area contributed by atoms with Crippen molar-refractivity contribution >= 4 is 29.2 Å². The van der Waals surface area contributed by atoms with E-state index in [1.54, 1.807) is 6.07 Å². The summed E-state index contributed by atoms with van der Waals surface area (Å²) in [6.07, 6.45) is 2.09. The van der Waals surface area contributed by atoms with Crippen LogP contribution >= 0.6 is 23.4 Å². The van der Waals surface area contributed by atoms with Gasteiger partial charge in [0.25, 0.3) is 0 Å². The van der Waals surface area contributed by atoms with E-state index in [4.69, 9.17) is 11.6 Å². The largest absolute Gasteiger partial charge is 0.369 e. The van der Waals surface area contributed by atoms with Crippen molar-refractivity contribution in [2.24, 2.45) is 0 Å². The van der Waals surface area contributed by atoms with Gasteiger partial charge in [0.15, 0.2) is 5.82 Å². The van der Waals surface area contributed by atoms with E-state index in [0.29, 0.717) is 16.2 Å².